The van der Waals surface area contributed by atoms with Gasteiger partial charge in [-0.1, -0.05) is 11.6 Å². The van der Waals surface area contributed by atoms with Crippen LogP contribution < -0.4 is 10.2 Å². The molecular formula is C13H14ClFN4. The van der Waals surface area contributed by atoms with Gasteiger partial charge in [-0.2, -0.15) is 5.10 Å². The van der Waals surface area contributed by atoms with Crippen molar-refractivity contribution in [3.8, 4) is 11.3 Å². The molecule has 1 saturated heterocycles. The van der Waals surface area contributed by atoms with Gasteiger partial charge in [-0.15, -0.1) is 0 Å². The number of hydrogen-bond acceptors (Lipinski definition) is 3. The molecule has 2 N–H and O–H groups in total. The van der Waals surface area contributed by atoms with Crippen LogP contribution in [0.5, 0.6) is 0 Å². The zero-order valence-corrected chi connectivity index (χ0v) is 11.0. The number of benzene rings is 1. The molecule has 0 bridgehead atoms. The van der Waals surface area contributed by atoms with E-state index in [1.54, 1.807) is 6.07 Å². The van der Waals surface area contributed by atoms with Gasteiger partial charge in [-0.3, -0.25) is 5.10 Å². The zero-order valence-electron chi connectivity index (χ0n) is 10.3. The fourth-order valence-electron chi connectivity index (χ4n) is 2.21. The molecular weight excluding hydrogens is 267 g/mol. The zero-order chi connectivity index (χ0) is 13.2. The average Bonchev–Trinajstić information content (AvgIpc) is 2.89. The predicted molar refractivity (Wildman–Crippen MR) is 74.1 cm³/mol. The molecule has 0 saturated carbocycles. The van der Waals surface area contributed by atoms with Crippen molar-refractivity contribution in [3.63, 3.8) is 0 Å². The average molecular weight is 281 g/mol. The van der Waals surface area contributed by atoms with Crippen molar-refractivity contribution >= 4 is 17.4 Å². The molecule has 0 amide bonds. The normalized spacial score (nSPS) is 15.8. The Balaban J connectivity index is 1.87. The van der Waals surface area contributed by atoms with Gasteiger partial charge in [0.2, 0.25) is 0 Å². The highest BCUT2D eigenvalue weighted by molar-refractivity contribution is 6.33. The van der Waals surface area contributed by atoms with E-state index in [1.807, 2.05) is 6.07 Å². The SMILES string of the molecule is Fc1ccc(-c2cc(N3CCNCC3)n[nH]2)c(Cl)c1. The topological polar surface area (TPSA) is 44.0 Å². The largest absolute Gasteiger partial charge is 0.353 e. The van der Waals surface area contributed by atoms with E-state index in [1.165, 1.54) is 12.1 Å². The summed E-state index contributed by atoms with van der Waals surface area (Å²) in [5.41, 5.74) is 1.57. The number of nitrogens with one attached hydrogen (secondary N) is 2. The number of halogens is 2. The van der Waals surface area contributed by atoms with Crippen LogP contribution in [0.1, 0.15) is 0 Å². The fourth-order valence-corrected chi connectivity index (χ4v) is 2.48. The Kier molecular flexibility index (Phi) is 3.40. The maximum atomic E-state index is 13.0. The third-order valence-corrected chi connectivity index (χ3v) is 3.54. The molecule has 0 aliphatic carbocycles. The lowest BCUT2D eigenvalue weighted by atomic mass is 10.1. The Labute approximate surface area is 115 Å². The number of aromatic nitrogens is 2. The van der Waals surface area contributed by atoms with E-state index in [0.29, 0.717) is 5.02 Å². The first-order chi connectivity index (χ1) is 9.24. The third kappa shape index (κ3) is 2.57. The highest BCUT2D eigenvalue weighted by atomic mass is 35.5. The Morgan fingerprint density at radius 3 is 2.74 bits per heavy atom. The van der Waals surface area contributed by atoms with Crippen LogP contribution >= 0.6 is 11.6 Å². The minimum atomic E-state index is -0.337. The van der Waals surface area contributed by atoms with Crippen molar-refractivity contribution in [2.45, 2.75) is 0 Å². The summed E-state index contributed by atoms with van der Waals surface area (Å²) >= 11 is 6.05. The second-order valence-corrected chi connectivity index (χ2v) is 4.91. The molecule has 0 spiro atoms. The Bertz CT molecular complexity index is 578. The second kappa shape index (κ2) is 5.19. The van der Waals surface area contributed by atoms with Gasteiger partial charge in [0, 0.05) is 37.8 Å². The van der Waals surface area contributed by atoms with E-state index in [9.17, 15) is 4.39 Å². The first-order valence-corrected chi connectivity index (χ1v) is 6.58. The highest BCUT2D eigenvalue weighted by Crippen LogP contribution is 2.29. The highest BCUT2D eigenvalue weighted by Gasteiger charge is 2.15. The maximum absolute atomic E-state index is 13.0. The molecule has 6 heteroatoms. The number of nitrogens with zero attached hydrogens (tertiary/aromatic N) is 2. The molecule has 1 aliphatic rings. The molecule has 1 aromatic carbocycles. The molecule has 0 unspecified atom stereocenters. The van der Waals surface area contributed by atoms with Gasteiger partial charge in [0.25, 0.3) is 0 Å². The molecule has 3 rings (SSSR count). The lowest BCUT2D eigenvalue weighted by Crippen LogP contribution is -2.43. The summed E-state index contributed by atoms with van der Waals surface area (Å²) in [6.07, 6.45) is 0. The Hall–Kier alpha value is -1.59. The van der Waals surface area contributed by atoms with E-state index in [-0.39, 0.29) is 5.82 Å². The first kappa shape index (κ1) is 12.4. The van der Waals surface area contributed by atoms with Gasteiger partial charge in [-0.05, 0) is 18.2 Å². The van der Waals surface area contributed by atoms with Crippen LogP contribution in [-0.2, 0) is 0 Å². The number of piperazine rings is 1. The number of H-pyrrole nitrogens is 1. The predicted octanol–water partition coefficient (Wildman–Crippen LogP) is 2.28. The van der Waals surface area contributed by atoms with Crippen LogP contribution in [0, 0.1) is 5.82 Å². The smallest absolute Gasteiger partial charge is 0.151 e. The van der Waals surface area contributed by atoms with Gasteiger partial charge in [0.05, 0.1) is 10.7 Å². The van der Waals surface area contributed by atoms with Gasteiger partial charge in [0.15, 0.2) is 5.82 Å². The minimum Gasteiger partial charge on any atom is -0.353 e. The van der Waals surface area contributed by atoms with E-state index >= 15 is 0 Å². The number of rotatable bonds is 2. The Morgan fingerprint density at radius 1 is 1.21 bits per heavy atom. The third-order valence-electron chi connectivity index (χ3n) is 3.23. The van der Waals surface area contributed by atoms with Crippen molar-refractivity contribution < 1.29 is 4.39 Å². The lowest BCUT2D eigenvalue weighted by Gasteiger charge is -2.26. The maximum Gasteiger partial charge on any atom is 0.151 e. The van der Waals surface area contributed by atoms with Crippen molar-refractivity contribution in [2.24, 2.45) is 0 Å². The number of hydrogen-bond donors (Lipinski definition) is 2. The molecule has 0 radical (unpaired) electrons. The summed E-state index contributed by atoms with van der Waals surface area (Å²) < 4.78 is 13.0. The van der Waals surface area contributed by atoms with Crippen LogP contribution in [0.4, 0.5) is 10.2 Å². The number of anilines is 1. The van der Waals surface area contributed by atoms with E-state index in [4.69, 9.17) is 11.6 Å². The van der Waals surface area contributed by atoms with E-state index < -0.39 is 0 Å². The summed E-state index contributed by atoms with van der Waals surface area (Å²) in [7, 11) is 0. The summed E-state index contributed by atoms with van der Waals surface area (Å²) in [6, 6.07) is 6.31. The molecule has 1 aliphatic heterocycles. The van der Waals surface area contributed by atoms with Gasteiger partial charge >= 0.3 is 0 Å². The van der Waals surface area contributed by atoms with Crippen LogP contribution in [0.15, 0.2) is 24.3 Å². The molecule has 2 heterocycles. The van der Waals surface area contributed by atoms with Gasteiger partial charge in [-0.25, -0.2) is 4.39 Å². The molecule has 1 aromatic heterocycles. The fraction of sp³-hybridized carbons (Fsp3) is 0.308. The molecule has 4 nitrogen and oxygen atoms in total. The van der Waals surface area contributed by atoms with Crippen molar-refractivity contribution in [2.75, 3.05) is 31.1 Å². The summed E-state index contributed by atoms with van der Waals surface area (Å²) in [5.74, 6) is 0.562. The van der Waals surface area contributed by atoms with E-state index in [0.717, 1.165) is 43.3 Å². The molecule has 1 fully saturated rings. The van der Waals surface area contributed by atoms with Crippen molar-refractivity contribution in [1.82, 2.24) is 15.5 Å². The van der Waals surface area contributed by atoms with Crippen molar-refractivity contribution in [3.05, 3.63) is 35.1 Å². The van der Waals surface area contributed by atoms with Crippen LogP contribution in [-0.4, -0.2) is 36.4 Å². The standard InChI is InChI=1S/C13H14ClFN4/c14-11-7-9(15)1-2-10(11)12-8-13(18-17-12)19-5-3-16-4-6-19/h1-2,7-8,16H,3-6H2,(H,17,18). The summed E-state index contributed by atoms with van der Waals surface area (Å²) in [6.45, 7) is 3.78. The summed E-state index contributed by atoms with van der Waals surface area (Å²) in [5, 5.41) is 10.9. The van der Waals surface area contributed by atoms with Crippen LogP contribution in [0.3, 0.4) is 0 Å². The molecule has 100 valence electrons. The molecule has 0 atom stereocenters. The monoisotopic (exact) mass is 280 g/mol. The second-order valence-electron chi connectivity index (χ2n) is 4.50. The van der Waals surface area contributed by atoms with Crippen LogP contribution in [0.25, 0.3) is 11.3 Å². The quantitative estimate of drug-likeness (QED) is 0.887. The first-order valence-electron chi connectivity index (χ1n) is 6.20. The summed E-state index contributed by atoms with van der Waals surface area (Å²) in [4.78, 5) is 2.20. The van der Waals surface area contributed by atoms with E-state index in [2.05, 4.69) is 20.4 Å². The van der Waals surface area contributed by atoms with Gasteiger partial charge in [0.1, 0.15) is 5.82 Å². The van der Waals surface area contributed by atoms with Crippen molar-refractivity contribution in [1.29, 1.82) is 0 Å². The molecule has 2 aromatic rings. The Morgan fingerprint density at radius 2 is 2.00 bits per heavy atom. The van der Waals surface area contributed by atoms with Gasteiger partial charge < -0.3 is 10.2 Å². The number of aromatic amines is 1. The molecule has 19 heavy (non-hydrogen) atoms. The lowest BCUT2D eigenvalue weighted by molar-refractivity contribution is 0.584. The minimum absolute atomic E-state index is 0.337. The van der Waals surface area contributed by atoms with Crippen LogP contribution in [0.2, 0.25) is 5.02 Å².